The topological polar surface area (TPSA) is 38.9 Å². The van der Waals surface area contributed by atoms with Crippen molar-refractivity contribution in [3.05, 3.63) is 43.8 Å². The minimum absolute atomic E-state index is 0.640. The van der Waals surface area contributed by atoms with Crippen molar-refractivity contribution < 1.29 is 0 Å². The highest BCUT2D eigenvalue weighted by Crippen LogP contribution is 2.29. The van der Waals surface area contributed by atoms with Gasteiger partial charge in [-0.1, -0.05) is 46.9 Å². The zero-order valence-electron chi connectivity index (χ0n) is 10.0. The monoisotopic (exact) mass is 344 g/mol. The van der Waals surface area contributed by atoms with Gasteiger partial charge in [0.25, 0.3) is 0 Å². The summed E-state index contributed by atoms with van der Waals surface area (Å²) in [5.74, 6) is 0. The summed E-state index contributed by atoms with van der Waals surface area (Å²) in [5.41, 5.74) is 8.01. The molecular weight excluding hydrogens is 332 g/mol. The number of rotatable bonds is 4. The Balaban J connectivity index is 2.27. The molecule has 1 heterocycles. The van der Waals surface area contributed by atoms with Crippen molar-refractivity contribution in [1.82, 2.24) is 4.98 Å². The molecular formula is C13H14BrClN2S. The van der Waals surface area contributed by atoms with Crippen molar-refractivity contribution in [2.24, 2.45) is 0 Å². The number of aryl methyl sites for hydroxylation is 1. The highest BCUT2D eigenvalue weighted by Gasteiger charge is 2.11. The van der Waals surface area contributed by atoms with Crippen LogP contribution in [0.4, 0.5) is 5.13 Å². The van der Waals surface area contributed by atoms with Crippen molar-refractivity contribution in [1.29, 1.82) is 0 Å². The van der Waals surface area contributed by atoms with E-state index in [1.54, 1.807) is 11.3 Å². The third-order valence-electron chi connectivity index (χ3n) is 2.65. The van der Waals surface area contributed by atoms with Gasteiger partial charge in [-0.15, -0.1) is 11.3 Å². The molecule has 0 atom stereocenters. The fourth-order valence-electron chi connectivity index (χ4n) is 1.81. The lowest BCUT2D eigenvalue weighted by molar-refractivity contribution is 0.879. The molecule has 1 aromatic carbocycles. The van der Waals surface area contributed by atoms with Crippen LogP contribution >= 0.6 is 38.9 Å². The van der Waals surface area contributed by atoms with E-state index in [2.05, 4.69) is 27.8 Å². The Morgan fingerprint density at radius 3 is 2.89 bits per heavy atom. The number of aromatic nitrogens is 1. The zero-order chi connectivity index (χ0) is 13.1. The standard InChI is InChI=1S/C13H14BrClN2S/c1-2-3-11-12(18-13(16)17-11)6-8-4-5-9(14)7-10(8)15/h4-5,7H,2-3,6H2,1H3,(H2,16,17). The van der Waals surface area contributed by atoms with Crippen LogP contribution in [-0.4, -0.2) is 4.98 Å². The van der Waals surface area contributed by atoms with E-state index in [1.165, 1.54) is 4.88 Å². The van der Waals surface area contributed by atoms with Gasteiger partial charge >= 0.3 is 0 Å². The predicted molar refractivity (Wildman–Crippen MR) is 82.5 cm³/mol. The number of nitrogen functional groups attached to an aromatic ring is 1. The average molecular weight is 346 g/mol. The average Bonchev–Trinajstić information content (AvgIpc) is 2.64. The number of nitrogens with two attached hydrogens (primary N) is 1. The first-order valence-electron chi connectivity index (χ1n) is 5.78. The second kappa shape index (κ2) is 6.04. The van der Waals surface area contributed by atoms with Crippen LogP contribution in [0, 0.1) is 0 Å². The van der Waals surface area contributed by atoms with Gasteiger partial charge in [-0.3, -0.25) is 0 Å². The summed E-state index contributed by atoms with van der Waals surface area (Å²) in [4.78, 5) is 5.61. The van der Waals surface area contributed by atoms with Crippen LogP contribution in [0.1, 0.15) is 29.5 Å². The molecule has 2 N–H and O–H groups in total. The largest absolute Gasteiger partial charge is 0.375 e. The Labute approximate surface area is 124 Å². The summed E-state index contributed by atoms with van der Waals surface area (Å²) < 4.78 is 0.994. The molecule has 0 amide bonds. The molecule has 2 rings (SSSR count). The number of anilines is 1. The number of hydrogen-bond donors (Lipinski definition) is 1. The van der Waals surface area contributed by atoms with Crippen molar-refractivity contribution >= 4 is 44.0 Å². The van der Waals surface area contributed by atoms with Crippen LogP contribution in [0.5, 0.6) is 0 Å². The van der Waals surface area contributed by atoms with Crippen LogP contribution in [-0.2, 0) is 12.8 Å². The molecule has 0 unspecified atom stereocenters. The Kier molecular flexibility index (Phi) is 4.65. The number of benzene rings is 1. The van der Waals surface area contributed by atoms with Crippen LogP contribution in [0.15, 0.2) is 22.7 Å². The van der Waals surface area contributed by atoms with Gasteiger partial charge in [0, 0.05) is 20.8 Å². The number of hydrogen-bond acceptors (Lipinski definition) is 3. The fraction of sp³-hybridized carbons (Fsp3) is 0.308. The SMILES string of the molecule is CCCc1nc(N)sc1Cc1ccc(Br)cc1Cl. The quantitative estimate of drug-likeness (QED) is 0.873. The van der Waals surface area contributed by atoms with Gasteiger partial charge in [0.2, 0.25) is 0 Å². The molecule has 96 valence electrons. The van der Waals surface area contributed by atoms with Gasteiger partial charge in [0.15, 0.2) is 5.13 Å². The third kappa shape index (κ3) is 3.25. The summed E-state index contributed by atoms with van der Waals surface area (Å²) >= 11 is 11.2. The number of nitrogens with zero attached hydrogens (tertiary/aromatic N) is 1. The zero-order valence-corrected chi connectivity index (χ0v) is 13.2. The Hall–Kier alpha value is -0.580. The molecule has 5 heteroatoms. The van der Waals surface area contributed by atoms with E-state index in [4.69, 9.17) is 17.3 Å². The molecule has 0 saturated heterocycles. The lowest BCUT2D eigenvalue weighted by Crippen LogP contribution is -1.93. The van der Waals surface area contributed by atoms with Gasteiger partial charge in [0.05, 0.1) is 5.69 Å². The van der Waals surface area contributed by atoms with E-state index in [0.717, 1.165) is 40.0 Å². The molecule has 0 saturated carbocycles. The molecule has 0 aliphatic carbocycles. The molecule has 1 aromatic heterocycles. The predicted octanol–water partition coefficient (Wildman–Crippen LogP) is 4.68. The van der Waals surface area contributed by atoms with Gasteiger partial charge in [-0.25, -0.2) is 4.98 Å². The van der Waals surface area contributed by atoms with E-state index < -0.39 is 0 Å². The molecule has 2 nitrogen and oxygen atoms in total. The second-order valence-corrected chi connectivity index (χ2v) is 6.52. The van der Waals surface area contributed by atoms with Crippen molar-refractivity contribution in [2.75, 3.05) is 5.73 Å². The molecule has 18 heavy (non-hydrogen) atoms. The molecule has 0 fully saturated rings. The number of halogens is 2. The Morgan fingerprint density at radius 2 is 2.22 bits per heavy atom. The highest BCUT2D eigenvalue weighted by atomic mass is 79.9. The molecule has 0 radical (unpaired) electrons. The van der Waals surface area contributed by atoms with E-state index in [0.29, 0.717) is 5.13 Å². The fourth-order valence-corrected chi connectivity index (χ4v) is 3.45. The highest BCUT2D eigenvalue weighted by molar-refractivity contribution is 9.10. The maximum atomic E-state index is 6.24. The van der Waals surface area contributed by atoms with E-state index in [1.807, 2.05) is 18.2 Å². The molecule has 0 bridgehead atoms. The summed E-state index contributed by atoms with van der Waals surface area (Å²) in [6.07, 6.45) is 2.84. The Morgan fingerprint density at radius 1 is 1.44 bits per heavy atom. The second-order valence-electron chi connectivity index (χ2n) is 4.08. The molecule has 0 aliphatic heterocycles. The third-order valence-corrected chi connectivity index (χ3v) is 4.42. The maximum Gasteiger partial charge on any atom is 0.180 e. The van der Waals surface area contributed by atoms with Crippen LogP contribution in [0.25, 0.3) is 0 Å². The maximum absolute atomic E-state index is 6.24. The molecule has 0 aliphatic rings. The van der Waals surface area contributed by atoms with Gasteiger partial charge < -0.3 is 5.73 Å². The lowest BCUT2D eigenvalue weighted by Gasteiger charge is -2.04. The van der Waals surface area contributed by atoms with E-state index in [9.17, 15) is 0 Å². The summed E-state index contributed by atoms with van der Waals surface area (Å²) in [7, 11) is 0. The first-order chi connectivity index (χ1) is 8.60. The summed E-state index contributed by atoms with van der Waals surface area (Å²) in [6, 6.07) is 5.96. The van der Waals surface area contributed by atoms with E-state index in [-0.39, 0.29) is 0 Å². The van der Waals surface area contributed by atoms with Gasteiger partial charge in [-0.05, 0) is 24.1 Å². The lowest BCUT2D eigenvalue weighted by atomic mass is 10.1. The van der Waals surface area contributed by atoms with Crippen molar-refractivity contribution in [3.63, 3.8) is 0 Å². The summed E-state index contributed by atoms with van der Waals surface area (Å²) in [6.45, 7) is 2.14. The van der Waals surface area contributed by atoms with Crippen LogP contribution in [0.3, 0.4) is 0 Å². The van der Waals surface area contributed by atoms with Crippen LogP contribution in [0.2, 0.25) is 5.02 Å². The molecule has 2 aromatic rings. The molecule has 0 spiro atoms. The normalized spacial score (nSPS) is 10.8. The minimum Gasteiger partial charge on any atom is -0.375 e. The van der Waals surface area contributed by atoms with Gasteiger partial charge in [0.1, 0.15) is 0 Å². The van der Waals surface area contributed by atoms with Gasteiger partial charge in [-0.2, -0.15) is 0 Å². The number of thiazole rings is 1. The first-order valence-corrected chi connectivity index (χ1v) is 7.77. The first kappa shape index (κ1) is 13.8. The van der Waals surface area contributed by atoms with Crippen molar-refractivity contribution in [3.8, 4) is 0 Å². The van der Waals surface area contributed by atoms with Crippen LogP contribution < -0.4 is 5.73 Å². The smallest absolute Gasteiger partial charge is 0.180 e. The van der Waals surface area contributed by atoms with E-state index >= 15 is 0 Å². The van der Waals surface area contributed by atoms with Crippen molar-refractivity contribution in [2.45, 2.75) is 26.2 Å². The minimum atomic E-state index is 0.640. The summed E-state index contributed by atoms with van der Waals surface area (Å²) in [5, 5.41) is 1.42. The Bertz CT molecular complexity index is 554.